The number of thioether (sulfide) groups is 1. The van der Waals surface area contributed by atoms with Crippen molar-refractivity contribution >= 4 is 11.8 Å². The molecule has 4 heteroatoms. The summed E-state index contributed by atoms with van der Waals surface area (Å²) in [6, 6.07) is 5.27. The van der Waals surface area contributed by atoms with Crippen molar-refractivity contribution in [3.63, 3.8) is 0 Å². The molecule has 1 N–H and O–H groups in total. The maximum absolute atomic E-state index is 13.6. The molecule has 0 spiro atoms. The van der Waals surface area contributed by atoms with E-state index in [1.165, 1.54) is 6.07 Å². The molecule has 0 saturated carbocycles. The molecule has 0 aromatic heterocycles. The second-order valence-corrected chi connectivity index (χ2v) is 5.84. The minimum absolute atomic E-state index is 0.211. The molecule has 0 fully saturated rings. The molecule has 0 aliphatic heterocycles. The van der Waals surface area contributed by atoms with Crippen LogP contribution in [0.1, 0.15) is 24.5 Å². The molecule has 1 rings (SSSR count). The Hall–Kier alpha value is -1.02. The molecule has 0 heterocycles. The van der Waals surface area contributed by atoms with Crippen LogP contribution in [0.5, 0.6) is 0 Å². The van der Waals surface area contributed by atoms with Gasteiger partial charge < -0.3 is 5.11 Å². The van der Waals surface area contributed by atoms with Crippen molar-refractivity contribution in [2.24, 2.45) is 0 Å². The van der Waals surface area contributed by atoms with Crippen molar-refractivity contribution in [2.45, 2.75) is 25.9 Å². The number of hydrogen-bond donors (Lipinski definition) is 1. The van der Waals surface area contributed by atoms with Crippen LogP contribution < -0.4 is 0 Å². The van der Waals surface area contributed by atoms with Crippen molar-refractivity contribution in [3.05, 3.63) is 35.1 Å². The predicted octanol–water partition coefficient (Wildman–Crippen LogP) is 2.74. The van der Waals surface area contributed by atoms with Crippen molar-refractivity contribution < 1.29 is 9.50 Å². The number of hydrogen-bond acceptors (Lipinski definition) is 3. The fraction of sp³-hybridized carbons (Fsp3) is 0.500. The molecule has 110 valence electrons. The van der Waals surface area contributed by atoms with Gasteiger partial charge >= 0.3 is 0 Å². The van der Waals surface area contributed by atoms with E-state index in [0.717, 1.165) is 17.7 Å². The summed E-state index contributed by atoms with van der Waals surface area (Å²) in [5, 5.41) is 8.69. The minimum atomic E-state index is -0.282. The van der Waals surface area contributed by atoms with Crippen LogP contribution in [0.2, 0.25) is 0 Å². The summed E-state index contributed by atoms with van der Waals surface area (Å²) in [5.74, 6) is 6.14. The third-order valence-electron chi connectivity index (χ3n) is 3.19. The SMILES string of the molecule is CSCCC(C)N(C)Cc1cc(F)cc(C#CCO)c1. The Morgan fingerprint density at radius 1 is 1.40 bits per heavy atom. The van der Waals surface area contributed by atoms with Gasteiger partial charge in [0.2, 0.25) is 0 Å². The highest BCUT2D eigenvalue weighted by atomic mass is 32.2. The van der Waals surface area contributed by atoms with E-state index in [-0.39, 0.29) is 12.4 Å². The Balaban J connectivity index is 2.73. The van der Waals surface area contributed by atoms with Gasteiger partial charge in [-0.05, 0) is 56.2 Å². The highest BCUT2D eigenvalue weighted by Crippen LogP contribution is 2.14. The smallest absolute Gasteiger partial charge is 0.124 e. The zero-order valence-electron chi connectivity index (χ0n) is 12.3. The molecule has 0 aliphatic rings. The van der Waals surface area contributed by atoms with Gasteiger partial charge in [0.05, 0.1) is 0 Å². The summed E-state index contributed by atoms with van der Waals surface area (Å²) in [7, 11) is 2.05. The molecule has 1 atom stereocenters. The van der Waals surface area contributed by atoms with Gasteiger partial charge in [0.15, 0.2) is 0 Å². The van der Waals surface area contributed by atoms with E-state index >= 15 is 0 Å². The van der Waals surface area contributed by atoms with Crippen LogP contribution in [0.3, 0.4) is 0 Å². The van der Waals surface area contributed by atoms with Crippen LogP contribution in [0, 0.1) is 17.7 Å². The van der Waals surface area contributed by atoms with E-state index in [9.17, 15) is 4.39 Å². The Labute approximate surface area is 125 Å². The molecule has 0 amide bonds. The van der Waals surface area contributed by atoms with Gasteiger partial charge in [-0.1, -0.05) is 11.8 Å². The van der Waals surface area contributed by atoms with Gasteiger partial charge in [-0.25, -0.2) is 4.39 Å². The van der Waals surface area contributed by atoms with Gasteiger partial charge in [0.25, 0.3) is 0 Å². The van der Waals surface area contributed by atoms with Crippen molar-refractivity contribution in [1.29, 1.82) is 0 Å². The molecule has 1 unspecified atom stereocenters. The predicted molar refractivity (Wildman–Crippen MR) is 84.3 cm³/mol. The normalized spacial score (nSPS) is 12.1. The summed E-state index contributed by atoms with van der Waals surface area (Å²) >= 11 is 1.84. The van der Waals surface area contributed by atoms with E-state index in [1.807, 2.05) is 17.8 Å². The maximum Gasteiger partial charge on any atom is 0.124 e. The van der Waals surface area contributed by atoms with Crippen LogP contribution in [-0.2, 0) is 6.54 Å². The maximum atomic E-state index is 13.6. The molecule has 0 bridgehead atoms. The van der Waals surface area contributed by atoms with E-state index < -0.39 is 0 Å². The first kappa shape index (κ1) is 17.0. The molecular formula is C16H22FNOS. The summed E-state index contributed by atoms with van der Waals surface area (Å²) < 4.78 is 13.6. The summed E-state index contributed by atoms with van der Waals surface area (Å²) in [5.41, 5.74) is 1.52. The van der Waals surface area contributed by atoms with Crippen LogP contribution in [0.25, 0.3) is 0 Å². The summed E-state index contributed by atoms with van der Waals surface area (Å²) in [6.07, 6.45) is 3.22. The molecule has 1 aromatic carbocycles. The summed E-state index contributed by atoms with van der Waals surface area (Å²) in [4.78, 5) is 2.22. The first-order valence-electron chi connectivity index (χ1n) is 6.65. The second-order valence-electron chi connectivity index (χ2n) is 4.85. The average Bonchev–Trinajstić information content (AvgIpc) is 2.41. The molecule has 1 aromatic rings. The number of aliphatic hydroxyl groups excluding tert-OH is 1. The third-order valence-corrected chi connectivity index (χ3v) is 3.84. The average molecular weight is 295 g/mol. The van der Waals surface area contributed by atoms with Gasteiger partial charge in [-0.3, -0.25) is 4.90 Å². The highest BCUT2D eigenvalue weighted by Gasteiger charge is 2.10. The highest BCUT2D eigenvalue weighted by molar-refractivity contribution is 7.98. The molecule has 0 radical (unpaired) electrons. The number of benzene rings is 1. The van der Waals surface area contributed by atoms with Crippen molar-refractivity contribution in [2.75, 3.05) is 25.7 Å². The third kappa shape index (κ3) is 5.96. The van der Waals surface area contributed by atoms with E-state index in [4.69, 9.17) is 5.11 Å². The zero-order chi connectivity index (χ0) is 15.0. The fourth-order valence-electron chi connectivity index (χ4n) is 1.91. The summed E-state index contributed by atoms with van der Waals surface area (Å²) in [6.45, 7) is 2.67. The number of nitrogens with zero attached hydrogens (tertiary/aromatic N) is 1. The molecular weight excluding hydrogens is 273 g/mol. The fourth-order valence-corrected chi connectivity index (χ4v) is 2.48. The zero-order valence-corrected chi connectivity index (χ0v) is 13.1. The molecule has 2 nitrogen and oxygen atoms in total. The van der Waals surface area contributed by atoms with Crippen molar-refractivity contribution in [1.82, 2.24) is 4.90 Å². The largest absolute Gasteiger partial charge is 0.384 e. The second kappa shape index (κ2) is 9.02. The lowest BCUT2D eigenvalue weighted by Gasteiger charge is -2.24. The van der Waals surface area contributed by atoms with Crippen LogP contribution >= 0.6 is 11.8 Å². The first-order chi connectivity index (χ1) is 9.56. The van der Waals surface area contributed by atoms with E-state index in [0.29, 0.717) is 18.2 Å². The molecule has 0 aliphatic carbocycles. The van der Waals surface area contributed by atoms with Crippen LogP contribution in [0.15, 0.2) is 18.2 Å². The van der Waals surface area contributed by atoms with Gasteiger partial charge in [-0.2, -0.15) is 11.8 Å². The minimum Gasteiger partial charge on any atom is -0.384 e. The Bertz CT molecular complexity index is 481. The standard InChI is InChI=1S/C16H22FNOS/c1-13(6-8-20-3)18(2)12-15-9-14(5-4-7-19)10-16(17)11-15/h9-11,13,19H,6-8,12H2,1-3H3. The monoisotopic (exact) mass is 295 g/mol. The Morgan fingerprint density at radius 3 is 2.80 bits per heavy atom. The van der Waals surface area contributed by atoms with Crippen LogP contribution in [-0.4, -0.2) is 41.7 Å². The Morgan fingerprint density at radius 2 is 2.15 bits per heavy atom. The lowest BCUT2D eigenvalue weighted by molar-refractivity contribution is 0.245. The number of rotatable bonds is 6. The lowest BCUT2D eigenvalue weighted by atomic mass is 10.1. The van der Waals surface area contributed by atoms with E-state index in [2.05, 4.69) is 37.0 Å². The quantitative estimate of drug-likeness (QED) is 0.816. The Kier molecular flexibility index (Phi) is 7.68. The molecule has 20 heavy (non-hydrogen) atoms. The lowest BCUT2D eigenvalue weighted by Crippen LogP contribution is -2.29. The number of halogens is 1. The van der Waals surface area contributed by atoms with Crippen molar-refractivity contribution in [3.8, 4) is 11.8 Å². The van der Waals surface area contributed by atoms with Gasteiger partial charge in [0, 0.05) is 18.2 Å². The van der Waals surface area contributed by atoms with E-state index in [1.54, 1.807) is 6.07 Å². The van der Waals surface area contributed by atoms with Gasteiger partial charge in [-0.15, -0.1) is 0 Å². The van der Waals surface area contributed by atoms with Gasteiger partial charge in [0.1, 0.15) is 12.4 Å². The first-order valence-corrected chi connectivity index (χ1v) is 8.04. The van der Waals surface area contributed by atoms with Crippen LogP contribution in [0.4, 0.5) is 4.39 Å². The topological polar surface area (TPSA) is 23.5 Å². The number of aliphatic hydroxyl groups is 1. The molecule has 0 saturated heterocycles.